The molecule has 0 fully saturated rings. The fourth-order valence-electron chi connectivity index (χ4n) is 2.93. The van der Waals surface area contributed by atoms with Gasteiger partial charge in [0.1, 0.15) is 0 Å². The van der Waals surface area contributed by atoms with E-state index in [2.05, 4.69) is 95.5 Å². The molecule has 0 amide bonds. The van der Waals surface area contributed by atoms with Gasteiger partial charge in [-0.2, -0.15) is 0 Å². The van der Waals surface area contributed by atoms with Crippen LogP contribution in [0, 0.1) is 12.3 Å². The summed E-state index contributed by atoms with van der Waals surface area (Å²) in [4.78, 5) is 0. The summed E-state index contributed by atoms with van der Waals surface area (Å²) in [5.74, 6) is 0. The van der Waals surface area contributed by atoms with Crippen LogP contribution in [-0.4, -0.2) is 12.9 Å². The van der Waals surface area contributed by atoms with E-state index >= 15 is 0 Å². The van der Waals surface area contributed by atoms with Crippen LogP contribution in [0.3, 0.4) is 0 Å². The van der Waals surface area contributed by atoms with Crippen molar-refractivity contribution in [3.05, 3.63) is 96.6 Å². The van der Waals surface area contributed by atoms with E-state index in [4.69, 9.17) is 5.41 Å². The first-order chi connectivity index (χ1) is 16.9. The molecule has 0 saturated carbocycles. The molecule has 0 heterocycles. The number of nitrogens with one attached hydrogen (secondary N) is 1. The van der Waals surface area contributed by atoms with Crippen LogP contribution in [0.15, 0.2) is 79.9 Å². The molecule has 1 atom stereocenters. The van der Waals surface area contributed by atoms with Gasteiger partial charge in [-0.05, 0) is 54.7 Å². The summed E-state index contributed by atoms with van der Waals surface area (Å²) in [5, 5.41) is 7.56. The molecule has 195 valence electrons. The van der Waals surface area contributed by atoms with Gasteiger partial charge >= 0.3 is 0 Å². The number of rotatable bonds is 10. The van der Waals surface area contributed by atoms with Gasteiger partial charge < -0.3 is 5.41 Å². The minimum absolute atomic E-state index is 0.237. The zero-order chi connectivity index (χ0) is 27.5. The highest BCUT2D eigenvalue weighted by Crippen LogP contribution is 2.25. The van der Waals surface area contributed by atoms with E-state index in [-0.39, 0.29) is 5.31 Å². The minimum atomic E-state index is -0.237. The number of hydrogen-bond acceptors (Lipinski definition) is 1. The lowest BCUT2D eigenvalue weighted by Gasteiger charge is -2.26. The van der Waals surface area contributed by atoms with Crippen molar-refractivity contribution in [1.82, 2.24) is 0 Å². The number of aryl methyl sites for hydroxylation is 2. The largest absolute Gasteiger partial charge is 0.320 e. The Labute approximate surface area is 220 Å². The maximum atomic E-state index is 7.80. The highest BCUT2D eigenvalue weighted by atomic mass is 14.4. The Morgan fingerprint density at radius 2 is 1.49 bits per heavy atom. The zero-order valence-corrected chi connectivity index (χ0v) is 24.6. The van der Waals surface area contributed by atoms with Crippen molar-refractivity contribution < 1.29 is 0 Å². The Morgan fingerprint density at radius 3 is 1.91 bits per heavy atom. The van der Waals surface area contributed by atoms with E-state index in [0.717, 1.165) is 12.8 Å². The quantitative estimate of drug-likeness (QED) is 0.153. The Balaban J connectivity index is -0.000000467. The van der Waals surface area contributed by atoms with Crippen LogP contribution in [-0.2, 0) is 11.7 Å². The molecule has 0 saturated heterocycles. The van der Waals surface area contributed by atoms with E-state index < -0.39 is 0 Å². The molecule has 1 nitrogen and oxygen atoms in total. The summed E-state index contributed by atoms with van der Waals surface area (Å²) < 4.78 is 0. The fourth-order valence-corrected chi connectivity index (χ4v) is 2.93. The van der Waals surface area contributed by atoms with Crippen molar-refractivity contribution in [1.29, 1.82) is 5.41 Å². The Kier molecular flexibility index (Phi) is 27.9. The van der Waals surface area contributed by atoms with Gasteiger partial charge in [0.2, 0.25) is 0 Å². The lowest BCUT2D eigenvalue weighted by atomic mass is 9.47. The first-order valence-electron chi connectivity index (χ1n) is 13.7. The maximum Gasteiger partial charge on any atom is 0.188 e. The molecule has 1 radical (unpaired) electrons. The third kappa shape index (κ3) is 19.6. The van der Waals surface area contributed by atoms with Crippen LogP contribution in [0.1, 0.15) is 104 Å². The Bertz CT molecular complexity index is 751. The van der Waals surface area contributed by atoms with Crippen molar-refractivity contribution in [2.45, 2.75) is 106 Å². The topological polar surface area (TPSA) is 23.9 Å². The molecule has 1 N–H and O–H groups in total. The highest BCUT2D eigenvalue weighted by molar-refractivity contribution is 6.77. The van der Waals surface area contributed by atoms with Crippen molar-refractivity contribution >= 4 is 12.9 Å². The van der Waals surface area contributed by atoms with Crippen LogP contribution in [0.5, 0.6) is 0 Å². The standard InChI is InChI=1S/C14H19BN.C11H16.C4H8.2C2H6/c1-5-13(16)15-14(4,6-2)12-9-7-8-11(3)10-12;1-2-3-5-8-11-9-6-4-7-10-11;1-3-4-2;2*1-2/h6-10,16H,2,5H2,1,3-4H3;4,6-7,9-10H,2-3,5,8H2,1H3;3H,1,4H2,2H3;2*1-2H3. The van der Waals surface area contributed by atoms with Gasteiger partial charge in [0.15, 0.2) is 7.28 Å². The maximum absolute atomic E-state index is 7.80. The molecule has 0 aliphatic carbocycles. The molecule has 2 heteroatoms. The summed E-state index contributed by atoms with van der Waals surface area (Å²) in [6, 6.07) is 19.1. The molecular weight excluding hydrogens is 421 g/mol. The van der Waals surface area contributed by atoms with E-state index in [1.807, 2.05) is 54.1 Å². The molecule has 0 aliphatic heterocycles. The molecule has 35 heavy (non-hydrogen) atoms. The average Bonchev–Trinajstić information content (AvgIpc) is 2.92. The van der Waals surface area contributed by atoms with Crippen LogP contribution >= 0.6 is 0 Å². The van der Waals surface area contributed by atoms with Gasteiger partial charge in [-0.1, -0.05) is 141 Å². The van der Waals surface area contributed by atoms with E-state index in [1.54, 1.807) is 0 Å². The van der Waals surface area contributed by atoms with Crippen LogP contribution < -0.4 is 0 Å². The first kappa shape index (κ1) is 37.2. The van der Waals surface area contributed by atoms with Gasteiger partial charge in [-0.15, -0.1) is 13.2 Å². The van der Waals surface area contributed by atoms with Gasteiger partial charge in [0.05, 0.1) is 0 Å². The lowest BCUT2D eigenvalue weighted by molar-refractivity contribution is 0.717. The number of allylic oxidation sites excluding steroid dienone is 2. The van der Waals surface area contributed by atoms with Crippen molar-refractivity contribution in [2.24, 2.45) is 0 Å². The molecule has 0 spiro atoms. The third-order valence-corrected chi connectivity index (χ3v) is 5.12. The number of unbranched alkanes of at least 4 members (excludes halogenated alkanes) is 2. The van der Waals surface area contributed by atoms with E-state index in [1.165, 1.54) is 42.4 Å². The first-order valence-corrected chi connectivity index (χ1v) is 13.7. The highest BCUT2D eigenvalue weighted by Gasteiger charge is 2.25. The molecule has 2 aromatic rings. The average molecular weight is 477 g/mol. The number of benzene rings is 2. The zero-order valence-electron chi connectivity index (χ0n) is 24.6. The van der Waals surface area contributed by atoms with Crippen LogP contribution in [0.2, 0.25) is 0 Å². The fraction of sp³-hybridized carbons (Fsp3) is 0.485. The smallest absolute Gasteiger partial charge is 0.188 e. The molecule has 1 unspecified atom stereocenters. The van der Waals surface area contributed by atoms with Gasteiger partial charge in [-0.25, -0.2) is 0 Å². The number of hydrogen-bond donors (Lipinski definition) is 1. The second kappa shape index (κ2) is 26.3. The Hall–Kier alpha value is -2.35. The molecule has 0 aliphatic rings. The predicted molar refractivity (Wildman–Crippen MR) is 165 cm³/mol. The molecule has 2 aromatic carbocycles. The van der Waals surface area contributed by atoms with E-state index in [9.17, 15) is 0 Å². The molecule has 2 rings (SSSR count). The summed E-state index contributed by atoms with van der Waals surface area (Å²) in [5.41, 5.74) is 4.56. The summed E-state index contributed by atoms with van der Waals surface area (Å²) >= 11 is 0. The second-order valence-electron chi connectivity index (χ2n) is 8.02. The predicted octanol–water partition coefficient (Wildman–Crippen LogP) is 10.5. The van der Waals surface area contributed by atoms with Gasteiger partial charge in [-0.3, -0.25) is 0 Å². The third-order valence-electron chi connectivity index (χ3n) is 5.12. The normalized spacial score (nSPS) is 10.5. The summed E-state index contributed by atoms with van der Waals surface area (Å²) in [6.07, 6.45) is 10.9. The summed E-state index contributed by atoms with van der Waals surface area (Å²) in [6.45, 7) is 25.9. The van der Waals surface area contributed by atoms with Crippen molar-refractivity contribution in [3.8, 4) is 0 Å². The lowest BCUT2D eigenvalue weighted by Crippen LogP contribution is -2.32. The molecular formula is C33H55BN. The Morgan fingerprint density at radius 1 is 0.914 bits per heavy atom. The van der Waals surface area contributed by atoms with E-state index in [0.29, 0.717) is 5.61 Å². The van der Waals surface area contributed by atoms with Crippen molar-refractivity contribution in [2.75, 3.05) is 0 Å². The summed E-state index contributed by atoms with van der Waals surface area (Å²) in [7, 11) is 1.98. The second-order valence-corrected chi connectivity index (χ2v) is 8.02. The van der Waals surface area contributed by atoms with Crippen LogP contribution in [0.4, 0.5) is 0 Å². The van der Waals surface area contributed by atoms with Gasteiger partial charge in [0.25, 0.3) is 0 Å². The minimum Gasteiger partial charge on any atom is -0.320 e. The van der Waals surface area contributed by atoms with Crippen molar-refractivity contribution in [3.63, 3.8) is 0 Å². The molecule has 0 bridgehead atoms. The molecule has 0 aromatic heterocycles. The van der Waals surface area contributed by atoms with Crippen LogP contribution in [0.25, 0.3) is 0 Å². The monoisotopic (exact) mass is 476 g/mol. The SMILES string of the molecule is C=CC(C)([B]C(=N)CC)c1cccc(C)c1.C=CCC.CC.CC.CCCCCc1ccccc1. The van der Waals surface area contributed by atoms with Gasteiger partial charge in [0, 0.05) is 0 Å².